The number of rotatable bonds is 4. The quantitative estimate of drug-likeness (QED) is 0.673. The molecule has 0 atom stereocenters. The van der Waals surface area contributed by atoms with Gasteiger partial charge in [0.15, 0.2) is 0 Å². The first-order valence-electron chi connectivity index (χ1n) is 9.26. The van der Waals surface area contributed by atoms with E-state index in [2.05, 4.69) is 16.9 Å². The zero-order chi connectivity index (χ0) is 19.7. The van der Waals surface area contributed by atoms with Crippen molar-refractivity contribution in [1.82, 2.24) is 9.88 Å². The van der Waals surface area contributed by atoms with Crippen LogP contribution in [0.3, 0.4) is 0 Å². The number of aryl methyl sites for hydroxylation is 1. The Bertz CT molecular complexity index is 1050. The third-order valence-corrected chi connectivity index (χ3v) is 6.64. The predicted octanol–water partition coefficient (Wildman–Crippen LogP) is 3.23. The lowest BCUT2D eigenvalue weighted by atomic mass is 10.1. The van der Waals surface area contributed by atoms with E-state index in [0.29, 0.717) is 24.9 Å². The van der Waals surface area contributed by atoms with E-state index in [4.69, 9.17) is 4.42 Å². The van der Waals surface area contributed by atoms with Gasteiger partial charge in [-0.1, -0.05) is 35.9 Å². The molecular formula is C21H23N3O3S. The summed E-state index contributed by atoms with van der Waals surface area (Å²) in [6.07, 6.45) is 0. The summed E-state index contributed by atoms with van der Waals surface area (Å²) in [5, 5.41) is -0.0150. The first kappa shape index (κ1) is 18.7. The van der Waals surface area contributed by atoms with Crippen LogP contribution in [-0.2, 0) is 9.84 Å². The van der Waals surface area contributed by atoms with Crippen LogP contribution in [0.2, 0.25) is 0 Å². The Morgan fingerprint density at radius 3 is 2.21 bits per heavy atom. The molecule has 0 radical (unpaired) electrons. The summed E-state index contributed by atoms with van der Waals surface area (Å²) in [5.41, 5.74) is 1.88. The highest BCUT2D eigenvalue weighted by molar-refractivity contribution is 7.91. The summed E-state index contributed by atoms with van der Waals surface area (Å²) in [6.45, 7) is 5.06. The number of hydrogen-bond acceptors (Lipinski definition) is 6. The molecule has 2 aromatic carbocycles. The van der Waals surface area contributed by atoms with Crippen molar-refractivity contribution >= 4 is 15.7 Å². The third kappa shape index (κ3) is 3.55. The van der Waals surface area contributed by atoms with Crippen molar-refractivity contribution < 1.29 is 12.8 Å². The lowest BCUT2D eigenvalue weighted by Crippen LogP contribution is -2.44. The molecule has 0 saturated carbocycles. The Morgan fingerprint density at radius 1 is 0.929 bits per heavy atom. The van der Waals surface area contributed by atoms with E-state index in [0.717, 1.165) is 24.2 Å². The Morgan fingerprint density at radius 2 is 1.57 bits per heavy atom. The fourth-order valence-corrected chi connectivity index (χ4v) is 4.56. The molecule has 146 valence electrons. The fraction of sp³-hybridized carbons (Fsp3) is 0.286. The van der Waals surface area contributed by atoms with Gasteiger partial charge in [0.2, 0.25) is 26.6 Å². The van der Waals surface area contributed by atoms with Crippen molar-refractivity contribution in [1.29, 1.82) is 0 Å². The van der Waals surface area contributed by atoms with Crippen molar-refractivity contribution in [3.8, 4) is 11.5 Å². The molecule has 7 heteroatoms. The van der Waals surface area contributed by atoms with Gasteiger partial charge in [0.25, 0.3) is 0 Å². The van der Waals surface area contributed by atoms with Gasteiger partial charge >= 0.3 is 0 Å². The minimum Gasteiger partial charge on any atom is -0.419 e. The van der Waals surface area contributed by atoms with Gasteiger partial charge in [-0.15, -0.1) is 0 Å². The molecule has 1 aromatic heterocycles. The van der Waals surface area contributed by atoms with E-state index < -0.39 is 9.84 Å². The van der Waals surface area contributed by atoms with Gasteiger partial charge in [0.05, 0.1) is 4.90 Å². The minimum absolute atomic E-state index is 0.0150. The molecular weight excluding hydrogens is 374 g/mol. The fourth-order valence-electron chi connectivity index (χ4n) is 3.21. The van der Waals surface area contributed by atoms with Gasteiger partial charge in [-0.25, -0.2) is 8.42 Å². The van der Waals surface area contributed by atoms with Gasteiger partial charge in [0, 0.05) is 31.7 Å². The second-order valence-corrected chi connectivity index (χ2v) is 8.97. The molecule has 6 nitrogen and oxygen atoms in total. The lowest BCUT2D eigenvalue weighted by molar-refractivity contribution is 0.305. The van der Waals surface area contributed by atoms with Crippen LogP contribution in [0.15, 0.2) is 68.9 Å². The normalized spacial score (nSPS) is 15.7. The second kappa shape index (κ2) is 7.41. The van der Waals surface area contributed by atoms with Crippen LogP contribution in [0, 0.1) is 6.92 Å². The molecule has 4 rings (SSSR count). The van der Waals surface area contributed by atoms with E-state index in [1.54, 1.807) is 30.3 Å². The van der Waals surface area contributed by atoms with E-state index in [1.165, 1.54) is 0 Å². The lowest BCUT2D eigenvalue weighted by Gasteiger charge is -2.32. The minimum atomic E-state index is -3.79. The molecule has 0 bridgehead atoms. The Labute approximate surface area is 165 Å². The van der Waals surface area contributed by atoms with Gasteiger partial charge in [-0.2, -0.15) is 4.98 Å². The van der Waals surface area contributed by atoms with Crippen molar-refractivity contribution in [2.45, 2.75) is 16.8 Å². The molecule has 2 heterocycles. The first-order chi connectivity index (χ1) is 13.4. The highest BCUT2D eigenvalue weighted by Crippen LogP contribution is 2.35. The second-order valence-electron chi connectivity index (χ2n) is 7.10. The summed E-state index contributed by atoms with van der Waals surface area (Å²) >= 11 is 0. The number of nitrogens with zero attached hydrogens (tertiary/aromatic N) is 3. The maximum Gasteiger partial charge on any atom is 0.236 e. The molecule has 3 aromatic rings. The Hall–Kier alpha value is -2.64. The summed E-state index contributed by atoms with van der Waals surface area (Å²) in [4.78, 5) is 8.84. The smallest absolute Gasteiger partial charge is 0.236 e. The molecule has 0 unspecified atom stereocenters. The van der Waals surface area contributed by atoms with E-state index in [9.17, 15) is 8.42 Å². The number of sulfone groups is 1. The predicted molar refractivity (Wildman–Crippen MR) is 108 cm³/mol. The molecule has 1 fully saturated rings. The zero-order valence-electron chi connectivity index (χ0n) is 16.0. The van der Waals surface area contributed by atoms with Crippen molar-refractivity contribution in [2.24, 2.45) is 0 Å². The van der Waals surface area contributed by atoms with E-state index in [1.807, 2.05) is 36.1 Å². The SMILES string of the molecule is Cc1ccc(-c2nc(S(=O)(=O)c3ccccc3)c(N3CCN(C)CC3)o2)cc1. The summed E-state index contributed by atoms with van der Waals surface area (Å²) in [5.74, 6) is 0.649. The largest absolute Gasteiger partial charge is 0.419 e. The number of oxazole rings is 1. The van der Waals surface area contributed by atoms with Crippen LogP contribution >= 0.6 is 0 Å². The number of benzene rings is 2. The molecule has 0 spiro atoms. The van der Waals surface area contributed by atoms with Crippen molar-refractivity contribution in [2.75, 3.05) is 38.1 Å². The van der Waals surface area contributed by atoms with Crippen molar-refractivity contribution in [3.05, 3.63) is 60.2 Å². The maximum absolute atomic E-state index is 13.3. The number of aromatic nitrogens is 1. The molecule has 0 N–H and O–H groups in total. The third-order valence-electron chi connectivity index (χ3n) is 4.98. The topological polar surface area (TPSA) is 66.7 Å². The monoisotopic (exact) mass is 397 g/mol. The number of likely N-dealkylation sites (N-methyl/N-ethyl adjacent to an activating group) is 1. The Balaban J connectivity index is 1.82. The summed E-state index contributed by atoms with van der Waals surface area (Å²) < 4.78 is 32.6. The van der Waals surface area contributed by atoms with Gasteiger partial charge in [-0.05, 0) is 38.2 Å². The molecule has 1 aliphatic heterocycles. The van der Waals surface area contributed by atoms with Gasteiger partial charge in [0.1, 0.15) is 0 Å². The highest BCUT2D eigenvalue weighted by Gasteiger charge is 2.32. The van der Waals surface area contributed by atoms with E-state index in [-0.39, 0.29) is 9.92 Å². The van der Waals surface area contributed by atoms with Crippen LogP contribution in [0.4, 0.5) is 5.88 Å². The molecule has 1 aliphatic rings. The highest BCUT2D eigenvalue weighted by atomic mass is 32.2. The number of anilines is 1. The van der Waals surface area contributed by atoms with Crippen LogP contribution < -0.4 is 4.90 Å². The average molecular weight is 398 g/mol. The van der Waals surface area contributed by atoms with Crippen LogP contribution in [0.1, 0.15) is 5.56 Å². The zero-order valence-corrected chi connectivity index (χ0v) is 16.8. The summed E-state index contributed by atoms with van der Waals surface area (Å²) in [6, 6.07) is 16.1. The van der Waals surface area contributed by atoms with Crippen molar-refractivity contribution in [3.63, 3.8) is 0 Å². The van der Waals surface area contributed by atoms with Crippen LogP contribution in [0.25, 0.3) is 11.5 Å². The van der Waals surface area contributed by atoms with Crippen LogP contribution in [-0.4, -0.2) is 51.5 Å². The van der Waals surface area contributed by atoms with E-state index >= 15 is 0 Å². The first-order valence-corrected chi connectivity index (χ1v) is 10.7. The standard InChI is InChI=1S/C21H23N3O3S/c1-16-8-10-17(11-9-16)19-22-20(28(25,26)18-6-4-3-5-7-18)21(27-19)24-14-12-23(2)13-15-24/h3-11H,12-15H2,1-2H3. The van der Waals surface area contributed by atoms with Gasteiger partial charge < -0.3 is 14.2 Å². The summed E-state index contributed by atoms with van der Waals surface area (Å²) in [7, 11) is -1.74. The Kier molecular flexibility index (Phi) is 4.95. The molecule has 0 amide bonds. The van der Waals surface area contributed by atoms with Crippen LogP contribution in [0.5, 0.6) is 0 Å². The number of piperazine rings is 1. The average Bonchev–Trinajstić information content (AvgIpc) is 3.16. The molecule has 0 aliphatic carbocycles. The molecule has 1 saturated heterocycles. The molecule has 28 heavy (non-hydrogen) atoms. The maximum atomic E-state index is 13.3. The number of hydrogen-bond donors (Lipinski definition) is 0. The van der Waals surface area contributed by atoms with Gasteiger partial charge in [-0.3, -0.25) is 0 Å².